The molecule has 24 heavy (non-hydrogen) atoms. The van der Waals surface area contributed by atoms with E-state index in [1.807, 2.05) is 0 Å². The molecule has 1 aromatic carbocycles. The first-order valence-electron chi connectivity index (χ1n) is 7.45. The summed E-state index contributed by atoms with van der Waals surface area (Å²) in [5.41, 5.74) is 1.10. The number of hydrogen-bond acceptors (Lipinski definition) is 3. The molecule has 3 rings (SSSR count). The number of carbonyl (C=O) groups is 1. The van der Waals surface area contributed by atoms with Gasteiger partial charge in [-0.1, -0.05) is 6.07 Å². The van der Waals surface area contributed by atoms with E-state index < -0.39 is 5.82 Å². The van der Waals surface area contributed by atoms with Crippen molar-refractivity contribution < 1.29 is 13.9 Å². The van der Waals surface area contributed by atoms with E-state index in [1.165, 1.54) is 18.3 Å². The minimum absolute atomic E-state index is 0.106. The van der Waals surface area contributed by atoms with Crippen molar-refractivity contribution in [3.63, 3.8) is 0 Å². The van der Waals surface area contributed by atoms with Crippen molar-refractivity contribution in [1.82, 2.24) is 15.3 Å². The molecule has 0 fully saturated rings. The number of halogens is 1. The molecule has 2 aromatic heterocycles. The van der Waals surface area contributed by atoms with E-state index in [2.05, 4.69) is 15.3 Å². The Morgan fingerprint density at radius 2 is 2.17 bits per heavy atom. The number of aromatic nitrogens is 2. The number of hydrogen-bond donors (Lipinski definition) is 2. The van der Waals surface area contributed by atoms with Gasteiger partial charge in [0.15, 0.2) is 11.6 Å². The highest BCUT2D eigenvalue weighted by molar-refractivity contribution is 5.92. The molecule has 6 heteroatoms. The van der Waals surface area contributed by atoms with Gasteiger partial charge in [0.2, 0.25) is 0 Å². The van der Waals surface area contributed by atoms with Crippen molar-refractivity contribution in [2.45, 2.75) is 13.0 Å². The van der Waals surface area contributed by atoms with Crippen LogP contribution in [-0.4, -0.2) is 15.9 Å². The van der Waals surface area contributed by atoms with Gasteiger partial charge in [-0.05, 0) is 48.9 Å². The predicted molar refractivity (Wildman–Crippen MR) is 87.4 cm³/mol. The van der Waals surface area contributed by atoms with Crippen LogP contribution >= 0.6 is 0 Å². The monoisotopic (exact) mass is 325 g/mol. The van der Waals surface area contributed by atoms with Crippen LogP contribution in [-0.2, 0) is 0 Å². The van der Waals surface area contributed by atoms with Crippen LogP contribution in [0.15, 0.2) is 61.1 Å². The molecule has 0 bridgehead atoms. The molecule has 5 nitrogen and oxygen atoms in total. The number of amides is 1. The summed E-state index contributed by atoms with van der Waals surface area (Å²) in [5, 5.41) is 2.81. The van der Waals surface area contributed by atoms with Crippen molar-refractivity contribution in [2.75, 3.05) is 0 Å². The Labute approximate surface area is 138 Å². The average molecular weight is 325 g/mol. The van der Waals surface area contributed by atoms with Crippen molar-refractivity contribution in [2.24, 2.45) is 0 Å². The van der Waals surface area contributed by atoms with Crippen molar-refractivity contribution in [3.8, 4) is 11.5 Å². The van der Waals surface area contributed by atoms with Crippen LogP contribution in [0.1, 0.15) is 29.0 Å². The fourth-order valence-corrected chi connectivity index (χ4v) is 2.23. The van der Waals surface area contributed by atoms with E-state index in [0.29, 0.717) is 17.0 Å². The van der Waals surface area contributed by atoms with Gasteiger partial charge in [-0.25, -0.2) is 4.39 Å². The molecule has 1 atom stereocenters. The van der Waals surface area contributed by atoms with Gasteiger partial charge in [0.05, 0.1) is 12.2 Å². The van der Waals surface area contributed by atoms with Crippen LogP contribution in [0.2, 0.25) is 0 Å². The summed E-state index contributed by atoms with van der Waals surface area (Å²) >= 11 is 0. The van der Waals surface area contributed by atoms with Gasteiger partial charge in [-0.3, -0.25) is 9.78 Å². The van der Waals surface area contributed by atoms with Crippen LogP contribution < -0.4 is 10.1 Å². The highest BCUT2D eigenvalue weighted by Gasteiger charge is 2.14. The lowest BCUT2D eigenvalue weighted by atomic mass is 10.1. The average Bonchev–Trinajstić information content (AvgIpc) is 3.12. The molecule has 2 N–H and O–H groups in total. The molecule has 0 aliphatic carbocycles. The van der Waals surface area contributed by atoms with Crippen LogP contribution in [0.5, 0.6) is 11.5 Å². The Morgan fingerprint density at radius 3 is 2.83 bits per heavy atom. The lowest BCUT2D eigenvalue weighted by Crippen LogP contribution is -2.26. The molecular formula is C18H16FN3O2. The highest BCUT2D eigenvalue weighted by Crippen LogP contribution is 2.26. The van der Waals surface area contributed by atoms with Crippen LogP contribution in [0.25, 0.3) is 0 Å². The van der Waals surface area contributed by atoms with Gasteiger partial charge in [0, 0.05) is 12.4 Å². The number of nitrogens with zero attached hydrogens (tertiary/aromatic N) is 1. The Bertz CT molecular complexity index is 820. The predicted octanol–water partition coefficient (Wildman–Crippen LogP) is 3.83. The van der Waals surface area contributed by atoms with Gasteiger partial charge in [0.25, 0.3) is 5.91 Å². The fraction of sp³-hybridized carbons (Fsp3) is 0.111. The molecule has 0 saturated carbocycles. The second-order valence-electron chi connectivity index (χ2n) is 5.26. The number of H-pyrrole nitrogens is 1. The lowest BCUT2D eigenvalue weighted by Gasteiger charge is -2.15. The summed E-state index contributed by atoms with van der Waals surface area (Å²) in [7, 11) is 0. The molecule has 3 aromatic rings. The zero-order valence-corrected chi connectivity index (χ0v) is 13.0. The van der Waals surface area contributed by atoms with Crippen molar-refractivity contribution in [3.05, 3.63) is 78.1 Å². The third-order valence-electron chi connectivity index (χ3n) is 3.51. The summed E-state index contributed by atoms with van der Waals surface area (Å²) in [5.74, 6) is -0.187. The number of rotatable bonds is 5. The Balaban J connectivity index is 1.70. The van der Waals surface area contributed by atoms with Crippen LogP contribution in [0.3, 0.4) is 0 Å². The summed E-state index contributed by atoms with van der Waals surface area (Å²) in [4.78, 5) is 18.8. The first-order chi connectivity index (χ1) is 11.6. The summed E-state index contributed by atoms with van der Waals surface area (Å²) < 4.78 is 19.7. The van der Waals surface area contributed by atoms with Gasteiger partial charge in [0.1, 0.15) is 11.4 Å². The molecule has 122 valence electrons. The molecule has 2 heterocycles. The molecule has 0 aliphatic heterocycles. The molecule has 0 saturated heterocycles. The van der Waals surface area contributed by atoms with Gasteiger partial charge < -0.3 is 15.0 Å². The molecule has 0 aliphatic rings. The first-order valence-corrected chi connectivity index (χ1v) is 7.45. The normalized spacial score (nSPS) is 11.8. The molecule has 0 spiro atoms. The van der Waals surface area contributed by atoms with Gasteiger partial charge >= 0.3 is 0 Å². The Morgan fingerprint density at radius 1 is 1.29 bits per heavy atom. The third-order valence-corrected chi connectivity index (χ3v) is 3.51. The zero-order valence-electron chi connectivity index (χ0n) is 13.0. The van der Waals surface area contributed by atoms with E-state index >= 15 is 0 Å². The van der Waals surface area contributed by atoms with E-state index in [0.717, 1.165) is 0 Å². The third kappa shape index (κ3) is 3.60. The topological polar surface area (TPSA) is 67.0 Å². The van der Waals surface area contributed by atoms with E-state index in [-0.39, 0.29) is 17.7 Å². The number of benzene rings is 1. The standard InChI is InChI=1S/C18H16FN3O2/c1-12(22-18(23)16-5-3-9-21-16)13-6-7-17(15(19)10-13)24-14-4-2-8-20-11-14/h2-12,21H,1H3,(H,22,23). The lowest BCUT2D eigenvalue weighted by molar-refractivity contribution is 0.0935. The maximum Gasteiger partial charge on any atom is 0.268 e. The van der Waals surface area contributed by atoms with Crippen molar-refractivity contribution >= 4 is 5.91 Å². The van der Waals surface area contributed by atoms with E-state index in [9.17, 15) is 9.18 Å². The highest BCUT2D eigenvalue weighted by atomic mass is 19.1. The first kappa shape index (κ1) is 15.7. The summed E-state index contributed by atoms with van der Waals surface area (Å²) in [6.07, 6.45) is 4.79. The molecule has 1 amide bonds. The number of ether oxygens (including phenoxy) is 1. The smallest absolute Gasteiger partial charge is 0.268 e. The Kier molecular flexibility index (Phi) is 4.56. The maximum absolute atomic E-state index is 14.2. The number of pyridine rings is 1. The summed E-state index contributed by atoms with van der Waals surface area (Å²) in [6.45, 7) is 1.79. The maximum atomic E-state index is 14.2. The Hall–Kier alpha value is -3.15. The quantitative estimate of drug-likeness (QED) is 0.749. The van der Waals surface area contributed by atoms with Gasteiger partial charge in [-0.15, -0.1) is 0 Å². The minimum Gasteiger partial charge on any atom is -0.453 e. The summed E-state index contributed by atoms with van der Waals surface area (Å²) in [6, 6.07) is 11.1. The molecule has 1 unspecified atom stereocenters. The number of carbonyl (C=O) groups excluding carboxylic acids is 1. The number of nitrogens with one attached hydrogen (secondary N) is 2. The molecule has 0 radical (unpaired) electrons. The largest absolute Gasteiger partial charge is 0.453 e. The SMILES string of the molecule is CC(NC(=O)c1ccc[nH]1)c1ccc(Oc2cccnc2)c(F)c1. The molecular weight excluding hydrogens is 309 g/mol. The van der Waals surface area contributed by atoms with Gasteiger partial charge in [-0.2, -0.15) is 0 Å². The van der Waals surface area contributed by atoms with Crippen LogP contribution in [0.4, 0.5) is 4.39 Å². The second-order valence-corrected chi connectivity index (χ2v) is 5.26. The minimum atomic E-state index is -0.502. The van der Waals surface area contributed by atoms with E-state index in [4.69, 9.17) is 4.74 Å². The second kappa shape index (κ2) is 6.95. The van der Waals surface area contributed by atoms with E-state index in [1.54, 1.807) is 49.6 Å². The fourth-order valence-electron chi connectivity index (χ4n) is 2.23. The zero-order chi connectivity index (χ0) is 16.9. The van der Waals surface area contributed by atoms with Crippen LogP contribution in [0, 0.1) is 5.82 Å². The van der Waals surface area contributed by atoms with Crippen molar-refractivity contribution in [1.29, 1.82) is 0 Å². The number of aromatic amines is 1.